The van der Waals surface area contributed by atoms with E-state index in [1.54, 1.807) is 18.4 Å². The standard InChI is InChI=1S/C13H23NOS/c1-12(10-14-7-8-15-2)4-3-5-13-6-9-16-11-13/h6,9,11-12,14H,3-5,7-8,10H2,1-2H3. The molecular weight excluding hydrogens is 218 g/mol. The largest absolute Gasteiger partial charge is 0.383 e. The summed E-state index contributed by atoms with van der Waals surface area (Å²) in [5.74, 6) is 0.760. The molecule has 1 aromatic rings. The van der Waals surface area contributed by atoms with Crippen LogP contribution in [0.5, 0.6) is 0 Å². The molecule has 1 atom stereocenters. The number of nitrogens with one attached hydrogen (secondary N) is 1. The van der Waals surface area contributed by atoms with E-state index in [0.29, 0.717) is 0 Å². The predicted octanol–water partition coefficient (Wildman–Crippen LogP) is 2.94. The third-order valence-electron chi connectivity index (χ3n) is 2.72. The van der Waals surface area contributed by atoms with Crippen LogP contribution in [0.4, 0.5) is 0 Å². The van der Waals surface area contributed by atoms with Gasteiger partial charge in [-0.15, -0.1) is 0 Å². The smallest absolute Gasteiger partial charge is 0.0587 e. The zero-order valence-electron chi connectivity index (χ0n) is 10.4. The first-order valence-electron chi connectivity index (χ1n) is 6.03. The van der Waals surface area contributed by atoms with Crippen molar-refractivity contribution < 1.29 is 4.74 Å². The molecule has 16 heavy (non-hydrogen) atoms. The van der Waals surface area contributed by atoms with Gasteiger partial charge in [-0.1, -0.05) is 6.92 Å². The Balaban J connectivity index is 1.95. The fourth-order valence-electron chi connectivity index (χ4n) is 1.71. The predicted molar refractivity (Wildman–Crippen MR) is 71.2 cm³/mol. The Bertz CT molecular complexity index is 248. The topological polar surface area (TPSA) is 21.3 Å². The van der Waals surface area contributed by atoms with E-state index in [1.165, 1.54) is 24.8 Å². The minimum Gasteiger partial charge on any atom is -0.383 e. The average Bonchev–Trinajstić information content (AvgIpc) is 2.77. The zero-order valence-corrected chi connectivity index (χ0v) is 11.2. The molecule has 0 aliphatic heterocycles. The van der Waals surface area contributed by atoms with E-state index >= 15 is 0 Å². The first-order valence-corrected chi connectivity index (χ1v) is 6.98. The highest BCUT2D eigenvalue weighted by Crippen LogP contribution is 2.12. The van der Waals surface area contributed by atoms with Crippen LogP contribution >= 0.6 is 11.3 Å². The molecule has 1 rings (SSSR count). The van der Waals surface area contributed by atoms with Gasteiger partial charge in [-0.05, 0) is 54.1 Å². The second-order valence-electron chi connectivity index (χ2n) is 4.33. The number of hydrogen-bond acceptors (Lipinski definition) is 3. The van der Waals surface area contributed by atoms with Gasteiger partial charge in [0.05, 0.1) is 6.61 Å². The Kier molecular flexibility index (Phi) is 7.47. The second kappa shape index (κ2) is 8.74. The number of ether oxygens (including phenoxy) is 1. The minimum absolute atomic E-state index is 0.760. The lowest BCUT2D eigenvalue weighted by atomic mass is 10.0. The quantitative estimate of drug-likeness (QED) is 0.671. The van der Waals surface area contributed by atoms with Gasteiger partial charge in [-0.2, -0.15) is 11.3 Å². The zero-order chi connectivity index (χ0) is 11.6. The summed E-state index contributed by atoms with van der Waals surface area (Å²) >= 11 is 1.79. The maximum atomic E-state index is 4.99. The molecule has 0 fully saturated rings. The highest BCUT2D eigenvalue weighted by molar-refractivity contribution is 7.07. The molecule has 1 heterocycles. The van der Waals surface area contributed by atoms with Crippen molar-refractivity contribution in [3.8, 4) is 0 Å². The Morgan fingerprint density at radius 1 is 1.50 bits per heavy atom. The summed E-state index contributed by atoms with van der Waals surface area (Å²) in [4.78, 5) is 0. The highest BCUT2D eigenvalue weighted by Gasteiger charge is 2.01. The molecule has 0 aliphatic rings. The van der Waals surface area contributed by atoms with Crippen molar-refractivity contribution in [2.45, 2.75) is 26.2 Å². The van der Waals surface area contributed by atoms with Crippen molar-refractivity contribution in [1.29, 1.82) is 0 Å². The summed E-state index contributed by atoms with van der Waals surface area (Å²) in [7, 11) is 1.74. The number of thiophene rings is 1. The van der Waals surface area contributed by atoms with Gasteiger partial charge < -0.3 is 10.1 Å². The molecule has 1 unspecified atom stereocenters. The SMILES string of the molecule is COCCNCC(C)CCCc1ccsc1. The summed E-state index contributed by atoms with van der Waals surface area (Å²) in [5, 5.41) is 7.82. The molecule has 0 aliphatic carbocycles. The lowest BCUT2D eigenvalue weighted by Gasteiger charge is -2.11. The van der Waals surface area contributed by atoms with Gasteiger partial charge in [0, 0.05) is 13.7 Å². The fraction of sp³-hybridized carbons (Fsp3) is 0.692. The molecule has 0 bridgehead atoms. The molecule has 0 amide bonds. The van der Waals surface area contributed by atoms with Gasteiger partial charge in [-0.3, -0.25) is 0 Å². The molecule has 0 radical (unpaired) electrons. The Labute approximate surface area is 103 Å². The third-order valence-corrected chi connectivity index (χ3v) is 3.45. The van der Waals surface area contributed by atoms with E-state index in [1.807, 2.05) is 0 Å². The van der Waals surface area contributed by atoms with Crippen LogP contribution in [0.1, 0.15) is 25.3 Å². The van der Waals surface area contributed by atoms with Crippen molar-refractivity contribution in [2.75, 3.05) is 26.8 Å². The molecule has 0 aromatic carbocycles. The fourth-order valence-corrected chi connectivity index (χ4v) is 2.42. The van der Waals surface area contributed by atoms with Crippen molar-refractivity contribution in [3.05, 3.63) is 22.4 Å². The first kappa shape index (κ1) is 13.7. The normalized spacial score (nSPS) is 12.9. The van der Waals surface area contributed by atoms with Gasteiger partial charge in [0.15, 0.2) is 0 Å². The van der Waals surface area contributed by atoms with E-state index in [9.17, 15) is 0 Å². The minimum atomic E-state index is 0.760. The van der Waals surface area contributed by atoms with E-state index in [2.05, 4.69) is 29.1 Å². The van der Waals surface area contributed by atoms with Crippen LogP contribution in [0.3, 0.4) is 0 Å². The summed E-state index contributed by atoms with van der Waals surface area (Å²) in [6.07, 6.45) is 3.82. The maximum Gasteiger partial charge on any atom is 0.0587 e. The van der Waals surface area contributed by atoms with Crippen LogP contribution < -0.4 is 5.32 Å². The molecule has 2 nitrogen and oxygen atoms in total. The molecular formula is C13H23NOS. The Morgan fingerprint density at radius 3 is 3.06 bits per heavy atom. The number of methoxy groups -OCH3 is 1. The van der Waals surface area contributed by atoms with Crippen LogP contribution in [0, 0.1) is 5.92 Å². The van der Waals surface area contributed by atoms with E-state index in [0.717, 1.165) is 25.6 Å². The summed E-state index contributed by atoms with van der Waals surface area (Å²) in [6.45, 7) is 5.19. The molecule has 1 N–H and O–H groups in total. The number of hydrogen-bond donors (Lipinski definition) is 1. The highest BCUT2D eigenvalue weighted by atomic mass is 32.1. The third kappa shape index (κ3) is 6.26. The first-order chi connectivity index (χ1) is 7.83. The maximum absolute atomic E-state index is 4.99. The van der Waals surface area contributed by atoms with Crippen LogP contribution in [0.2, 0.25) is 0 Å². The number of aryl methyl sites for hydroxylation is 1. The van der Waals surface area contributed by atoms with Crippen molar-refractivity contribution >= 4 is 11.3 Å². The van der Waals surface area contributed by atoms with Crippen molar-refractivity contribution in [3.63, 3.8) is 0 Å². The van der Waals surface area contributed by atoms with E-state index in [4.69, 9.17) is 4.74 Å². The van der Waals surface area contributed by atoms with Crippen LogP contribution in [-0.2, 0) is 11.2 Å². The van der Waals surface area contributed by atoms with Gasteiger partial charge >= 0.3 is 0 Å². The van der Waals surface area contributed by atoms with Crippen LogP contribution in [-0.4, -0.2) is 26.8 Å². The average molecular weight is 241 g/mol. The monoisotopic (exact) mass is 241 g/mol. The number of rotatable bonds is 9. The van der Waals surface area contributed by atoms with Crippen molar-refractivity contribution in [1.82, 2.24) is 5.32 Å². The molecule has 3 heteroatoms. The molecule has 0 saturated heterocycles. The summed E-state index contributed by atoms with van der Waals surface area (Å²) in [6, 6.07) is 2.23. The lowest BCUT2D eigenvalue weighted by molar-refractivity contribution is 0.198. The van der Waals surface area contributed by atoms with Crippen LogP contribution in [0.15, 0.2) is 16.8 Å². The van der Waals surface area contributed by atoms with Crippen LogP contribution in [0.25, 0.3) is 0 Å². The van der Waals surface area contributed by atoms with Gasteiger partial charge in [0.1, 0.15) is 0 Å². The molecule has 0 spiro atoms. The Morgan fingerprint density at radius 2 is 2.38 bits per heavy atom. The van der Waals surface area contributed by atoms with E-state index < -0.39 is 0 Å². The summed E-state index contributed by atoms with van der Waals surface area (Å²) in [5.41, 5.74) is 1.49. The van der Waals surface area contributed by atoms with Gasteiger partial charge in [0.2, 0.25) is 0 Å². The summed E-state index contributed by atoms with van der Waals surface area (Å²) < 4.78 is 4.99. The van der Waals surface area contributed by atoms with Gasteiger partial charge in [0.25, 0.3) is 0 Å². The Hall–Kier alpha value is -0.380. The second-order valence-corrected chi connectivity index (χ2v) is 5.11. The molecule has 0 saturated carbocycles. The lowest BCUT2D eigenvalue weighted by Crippen LogP contribution is -2.24. The molecule has 92 valence electrons. The van der Waals surface area contributed by atoms with Gasteiger partial charge in [-0.25, -0.2) is 0 Å². The van der Waals surface area contributed by atoms with E-state index in [-0.39, 0.29) is 0 Å². The molecule has 1 aromatic heterocycles. The van der Waals surface area contributed by atoms with Crippen molar-refractivity contribution in [2.24, 2.45) is 5.92 Å².